The average Bonchev–Trinajstić information content (AvgIpc) is 3.14. The third kappa shape index (κ3) is 2.81. The van der Waals surface area contributed by atoms with Crippen molar-refractivity contribution < 1.29 is 4.74 Å². The second-order valence-electron chi connectivity index (χ2n) is 7.44. The molecule has 26 heavy (non-hydrogen) atoms. The zero-order valence-electron chi connectivity index (χ0n) is 15.4. The zero-order valence-corrected chi connectivity index (χ0v) is 16.3. The third-order valence-electron chi connectivity index (χ3n) is 5.71. The van der Waals surface area contributed by atoms with Crippen LogP contribution in [0.2, 0.25) is 0 Å². The van der Waals surface area contributed by atoms with Crippen molar-refractivity contribution in [3.05, 3.63) is 42.5 Å². The lowest BCUT2D eigenvalue weighted by molar-refractivity contribution is 0.0688. The number of nitrogens with zero attached hydrogens (tertiary/aromatic N) is 4. The fourth-order valence-corrected chi connectivity index (χ4v) is 4.90. The van der Waals surface area contributed by atoms with Crippen LogP contribution < -0.4 is 16.0 Å². The molecule has 1 atom stereocenters. The van der Waals surface area contributed by atoms with Gasteiger partial charge in [-0.05, 0) is 26.3 Å². The standard InChI is InChI=1S/C18H24N4O3S/c1-12-14(26-11-19-12)10-22-7-4-5-18(6-8-22)9-13-15(23)20(2)17(24)21(3)16(13)25-18/h11H,4-10H2,1-3H3. The molecule has 1 fully saturated rings. The number of aryl methyl sites for hydroxylation is 1. The van der Waals surface area contributed by atoms with E-state index in [1.807, 2.05) is 5.51 Å². The molecule has 0 amide bonds. The first-order chi connectivity index (χ1) is 12.4. The Morgan fingerprint density at radius 1 is 1.23 bits per heavy atom. The van der Waals surface area contributed by atoms with E-state index in [2.05, 4.69) is 16.8 Å². The summed E-state index contributed by atoms with van der Waals surface area (Å²) in [5.41, 5.74) is 2.73. The molecule has 0 radical (unpaired) electrons. The molecule has 2 aromatic heterocycles. The Bertz CT molecular complexity index is 960. The lowest BCUT2D eigenvalue weighted by Crippen LogP contribution is -2.38. The first-order valence-electron chi connectivity index (χ1n) is 8.99. The van der Waals surface area contributed by atoms with Crippen molar-refractivity contribution >= 4 is 11.3 Å². The largest absolute Gasteiger partial charge is 0.471 e. The molecule has 0 aliphatic carbocycles. The zero-order chi connectivity index (χ0) is 18.5. The Morgan fingerprint density at radius 2 is 2.04 bits per heavy atom. The first kappa shape index (κ1) is 17.5. The number of likely N-dealkylation sites (tertiary alicyclic amines) is 1. The van der Waals surface area contributed by atoms with Crippen LogP contribution >= 0.6 is 11.3 Å². The van der Waals surface area contributed by atoms with Crippen LogP contribution in [-0.4, -0.2) is 37.7 Å². The van der Waals surface area contributed by atoms with E-state index in [1.165, 1.54) is 21.1 Å². The van der Waals surface area contributed by atoms with Gasteiger partial charge in [-0.3, -0.25) is 18.8 Å². The van der Waals surface area contributed by atoms with E-state index in [-0.39, 0.29) is 16.9 Å². The molecule has 4 heterocycles. The maximum atomic E-state index is 12.5. The summed E-state index contributed by atoms with van der Waals surface area (Å²) in [6, 6.07) is 0. The summed E-state index contributed by atoms with van der Waals surface area (Å²) in [5, 5.41) is 0. The molecule has 1 unspecified atom stereocenters. The summed E-state index contributed by atoms with van der Waals surface area (Å²) in [6.45, 7) is 4.90. The molecular weight excluding hydrogens is 352 g/mol. The van der Waals surface area contributed by atoms with Gasteiger partial charge in [0, 0.05) is 44.9 Å². The van der Waals surface area contributed by atoms with Crippen LogP contribution in [0.25, 0.3) is 0 Å². The van der Waals surface area contributed by atoms with Gasteiger partial charge in [-0.25, -0.2) is 9.78 Å². The van der Waals surface area contributed by atoms with Crippen LogP contribution in [0.4, 0.5) is 0 Å². The van der Waals surface area contributed by atoms with Crippen molar-refractivity contribution in [1.82, 2.24) is 19.0 Å². The second kappa shape index (κ2) is 6.35. The molecule has 0 bridgehead atoms. The SMILES string of the molecule is Cc1ncsc1CN1CCCC2(CC1)Cc1c(n(C)c(=O)n(C)c1=O)O2. The quantitative estimate of drug-likeness (QED) is 0.788. The molecule has 140 valence electrons. The van der Waals surface area contributed by atoms with Gasteiger partial charge in [-0.1, -0.05) is 0 Å². The molecule has 2 aromatic rings. The second-order valence-corrected chi connectivity index (χ2v) is 8.38. The van der Waals surface area contributed by atoms with Gasteiger partial charge < -0.3 is 4.74 Å². The van der Waals surface area contributed by atoms with Gasteiger partial charge in [0.1, 0.15) is 5.60 Å². The normalized spacial score (nSPS) is 23.0. The number of fused-ring (bicyclic) bond motifs is 1. The van der Waals surface area contributed by atoms with E-state index in [1.54, 1.807) is 18.4 Å². The molecule has 0 saturated carbocycles. The minimum Gasteiger partial charge on any atom is -0.471 e. The minimum absolute atomic E-state index is 0.221. The lowest BCUT2D eigenvalue weighted by atomic mass is 9.90. The molecule has 2 aliphatic rings. The predicted octanol–water partition coefficient (Wildman–Crippen LogP) is 1.21. The molecular formula is C18H24N4O3S. The van der Waals surface area contributed by atoms with E-state index >= 15 is 0 Å². The van der Waals surface area contributed by atoms with E-state index in [9.17, 15) is 9.59 Å². The van der Waals surface area contributed by atoms with E-state index in [4.69, 9.17) is 4.74 Å². The first-order valence-corrected chi connectivity index (χ1v) is 9.87. The number of ether oxygens (including phenoxy) is 1. The Morgan fingerprint density at radius 3 is 2.77 bits per heavy atom. The van der Waals surface area contributed by atoms with Crippen LogP contribution in [-0.2, 0) is 27.1 Å². The maximum Gasteiger partial charge on any atom is 0.333 e. The van der Waals surface area contributed by atoms with E-state index in [0.29, 0.717) is 17.9 Å². The average molecular weight is 376 g/mol. The van der Waals surface area contributed by atoms with Crippen molar-refractivity contribution in [3.8, 4) is 5.88 Å². The maximum absolute atomic E-state index is 12.5. The fraction of sp³-hybridized carbons (Fsp3) is 0.611. The van der Waals surface area contributed by atoms with Crippen LogP contribution in [0.15, 0.2) is 15.1 Å². The summed E-state index contributed by atoms with van der Waals surface area (Å²) in [4.78, 5) is 32.8. The van der Waals surface area contributed by atoms with Gasteiger partial charge in [-0.2, -0.15) is 0 Å². The molecule has 7 nitrogen and oxygen atoms in total. The molecule has 8 heteroatoms. The number of thiazole rings is 1. The Kier molecular flexibility index (Phi) is 4.27. The summed E-state index contributed by atoms with van der Waals surface area (Å²) < 4.78 is 8.93. The van der Waals surface area contributed by atoms with E-state index in [0.717, 1.165) is 44.6 Å². The minimum atomic E-state index is -0.364. The molecule has 1 saturated heterocycles. The van der Waals surface area contributed by atoms with Crippen molar-refractivity contribution in [3.63, 3.8) is 0 Å². The highest BCUT2D eigenvalue weighted by molar-refractivity contribution is 7.09. The highest BCUT2D eigenvalue weighted by Crippen LogP contribution is 2.39. The molecule has 4 rings (SSSR count). The van der Waals surface area contributed by atoms with Crippen LogP contribution in [0.3, 0.4) is 0 Å². The van der Waals surface area contributed by atoms with Crippen molar-refractivity contribution in [2.75, 3.05) is 13.1 Å². The van der Waals surface area contributed by atoms with Gasteiger partial charge in [-0.15, -0.1) is 11.3 Å². The van der Waals surface area contributed by atoms with Gasteiger partial charge >= 0.3 is 5.69 Å². The summed E-state index contributed by atoms with van der Waals surface area (Å²) >= 11 is 1.70. The number of aromatic nitrogens is 3. The Balaban J connectivity index is 1.55. The summed E-state index contributed by atoms with van der Waals surface area (Å²) in [5.74, 6) is 0.463. The fourth-order valence-electron chi connectivity index (χ4n) is 4.08. The third-order valence-corrected chi connectivity index (χ3v) is 6.63. The monoisotopic (exact) mass is 376 g/mol. The number of rotatable bonds is 2. The molecule has 2 aliphatic heterocycles. The van der Waals surface area contributed by atoms with Crippen LogP contribution in [0.1, 0.15) is 35.4 Å². The topological polar surface area (TPSA) is 69.4 Å². The Labute approximate surface area is 155 Å². The number of hydrogen-bond donors (Lipinski definition) is 0. The van der Waals surface area contributed by atoms with Gasteiger partial charge in [0.25, 0.3) is 5.56 Å². The van der Waals surface area contributed by atoms with Crippen molar-refractivity contribution in [1.29, 1.82) is 0 Å². The molecule has 1 spiro atoms. The Hall–Kier alpha value is -1.93. The van der Waals surface area contributed by atoms with E-state index < -0.39 is 0 Å². The van der Waals surface area contributed by atoms with Gasteiger partial charge in [0.05, 0.1) is 16.8 Å². The molecule has 0 N–H and O–H groups in total. The highest BCUT2D eigenvalue weighted by Gasteiger charge is 2.43. The van der Waals surface area contributed by atoms with Gasteiger partial charge in [0.2, 0.25) is 5.88 Å². The lowest BCUT2D eigenvalue weighted by Gasteiger charge is -2.27. The predicted molar refractivity (Wildman–Crippen MR) is 100.0 cm³/mol. The van der Waals surface area contributed by atoms with Crippen molar-refractivity contribution in [2.24, 2.45) is 14.1 Å². The smallest absolute Gasteiger partial charge is 0.333 e. The van der Waals surface area contributed by atoms with Crippen molar-refractivity contribution in [2.45, 2.75) is 44.8 Å². The summed E-state index contributed by atoms with van der Waals surface area (Å²) in [7, 11) is 3.21. The number of hydrogen-bond acceptors (Lipinski definition) is 6. The summed E-state index contributed by atoms with van der Waals surface area (Å²) in [6.07, 6.45) is 3.37. The molecule has 0 aromatic carbocycles. The van der Waals surface area contributed by atoms with Crippen LogP contribution in [0, 0.1) is 6.92 Å². The van der Waals surface area contributed by atoms with Gasteiger partial charge in [0.15, 0.2) is 0 Å². The van der Waals surface area contributed by atoms with Crippen LogP contribution in [0.5, 0.6) is 5.88 Å². The highest BCUT2D eigenvalue weighted by atomic mass is 32.1.